The second kappa shape index (κ2) is 4.93. The Kier molecular flexibility index (Phi) is 3.02. The maximum absolute atomic E-state index is 12.6. The molecule has 2 aromatic heterocycles. The Morgan fingerprint density at radius 1 is 1.41 bits per heavy atom. The van der Waals surface area contributed by atoms with Crippen LogP contribution in [0.1, 0.15) is 72.3 Å². The fourth-order valence-electron chi connectivity index (χ4n) is 3.21. The van der Waals surface area contributed by atoms with Crippen LogP contribution in [0.4, 0.5) is 0 Å². The minimum Gasteiger partial charge on any atom is -0.340 e. The Balaban J connectivity index is 1.57. The number of aryl methyl sites for hydroxylation is 1. The van der Waals surface area contributed by atoms with Gasteiger partial charge in [0.25, 0.3) is 5.91 Å². The Hall–Kier alpha value is -2.18. The van der Waals surface area contributed by atoms with E-state index in [-0.39, 0.29) is 5.91 Å². The highest BCUT2D eigenvalue weighted by atomic mass is 16.5. The highest BCUT2D eigenvalue weighted by Gasteiger charge is 2.41. The lowest BCUT2D eigenvalue weighted by Crippen LogP contribution is -2.44. The summed E-state index contributed by atoms with van der Waals surface area (Å²) in [5, 5.41) is 14.3. The third kappa shape index (κ3) is 2.30. The molecule has 2 aliphatic rings. The molecule has 0 aliphatic heterocycles. The first-order valence-corrected chi connectivity index (χ1v) is 7.85. The molecular weight excluding hydrogens is 282 g/mol. The van der Waals surface area contributed by atoms with Gasteiger partial charge in [-0.05, 0) is 31.7 Å². The summed E-state index contributed by atoms with van der Waals surface area (Å²) in [6.07, 6.45) is 6.10. The number of hydrogen-bond acceptors (Lipinski definition) is 5. The van der Waals surface area contributed by atoms with Gasteiger partial charge >= 0.3 is 0 Å². The number of H-pyrrole nitrogens is 1. The maximum Gasteiger partial charge on any atom is 0.272 e. The minimum absolute atomic E-state index is 0.174. The van der Waals surface area contributed by atoms with Crippen LogP contribution in [-0.4, -0.2) is 26.2 Å². The lowest BCUT2D eigenvalue weighted by molar-refractivity contribution is 0.0886. The van der Waals surface area contributed by atoms with Crippen LogP contribution < -0.4 is 5.32 Å². The molecule has 0 bridgehead atoms. The zero-order chi connectivity index (χ0) is 15.2. The van der Waals surface area contributed by atoms with Gasteiger partial charge in [-0.3, -0.25) is 9.89 Å². The van der Waals surface area contributed by atoms with Crippen molar-refractivity contribution < 1.29 is 9.32 Å². The summed E-state index contributed by atoms with van der Waals surface area (Å²) < 4.78 is 5.10. The zero-order valence-electron chi connectivity index (χ0n) is 12.6. The smallest absolute Gasteiger partial charge is 0.272 e. The molecule has 2 heterocycles. The Morgan fingerprint density at radius 2 is 2.18 bits per heavy atom. The quantitative estimate of drug-likeness (QED) is 0.902. The average Bonchev–Trinajstić information content (AvgIpc) is 2.95. The normalized spacial score (nSPS) is 20.2. The lowest BCUT2D eigenvalue weighted by atomic mass is 9.96. The number of hydrogen-bond donors (Lipinski definition) is 2. The summed E-state index contributed by atoms with van der Waals surface area (Å²) in [6.45, 7) is 1.76. The van der Waals surface area contributed by atoms with Gasteiger partial charge < -0.3 is 9.84 Å². The van der Waals surface area contributed by atoms with Crippen LogP contribution in [0.5, 0.6) is 0 Å². The molecule has 0 unspecified atom stereocenters. The van der Waals surface area contributed by atoms with Gasteiger partial charge in [0.05, 0.1) is 0 Å². The van der Waals surface area contributed by atoms with Gasteiger partial charge in [0.1, 0.15) is 11.2 Å². The van der Waals surface area contributed by atoms with Crippen molar-refractivity contribution in [2.45, 2.75) is 56.9 Å². The van der Waals surface area contributed by atoms with Crippen LogP contribution >= 0.6 is 0 Å². The van der Waals surface area contributed by atoms with Crippen molar-refractivity contribution in [1.29, 1.82) is 0 Å². The first-order valence-electron chi connectivity index (χ1n) is 7.85. The molecule has 2 N–H and O–H groups in total. The van der Waals surface area contributed by atoms with Gasteiger partial charge in [0.15, 0.2) is 5.82 Å². The molecule has 2 aromatic rings. The second-order valence-corrected chi connectivity index (χ2v) is 6.36. The number of carbonyl (C=O) groups is 1. The van der Waals surface area contributed by atoms with Gasteiger partial charge in [0.2, 0.25) is 5.89 Å². The van der Waals surface area contributed by atoms with Gasteiger partial charge in [0, 0.05) is 18.5 Å². The highest BCUT2D eigenvalue weighted by molar-refractivity contribution is 5.93. The molecule has 22 heavy (non-hydrogen) atoms. The number of carbonyl (C=O) groups excluding carboxylic acids is 1. The first-order chi connectivity index (χ1) is 10.7. The monoisotopic (exact) mass is 301 g/mol. The number of aromatic amines is 1. The molecule has 2 saturated carbocycles. The van der Waals surface area contributed by atoms with E-state index in [0.29, 0.717) is 23.3 Å². The van der Waals surface area contributed by atoms with Crippen molar-refractivity contribution in [2.75, 3.05) is 0 Å². The van der Waals surface area contributed by atoms with E-state index in [9.17, 15) is 4.79 Å². The van der Waals surface area contributed by atoms with Crippen molar-refractivity contribution in [3.05, 3.63) is 29.2 Å². The van der Waals surface area contributed by atoms with Crippen molar-refractivity contribution in [3.8, 4) is 0 Å². The number of nitrogens with zero attached hydrogens (tertiary/aromatic N) is 3. The van der Waals surface area contributed by atoms with Gasteiger partial charge in [-0.1, -0.05) is 18.0 Å². The molecule has 7 nitrogen and oxygen atoms in total. The largest absolute Gasteiger partial charge is 0.340 e. The van der Waals surface area contributed by atoms with Gasteiger partial charge in [-0.15, -0.1) is 0 Å². The number of nitrogens with one attached hydrogen (secondary N) is 2. The predicted octanol–water partition coefficient (Wildman–Crippen LogP) is 2.18. The fraction of sp³-hybridized carbons (Fsp3) is 0.600. The van der Waals surface area contributed by atoms with E-state index in [4.69, 9.17) is 4.52 Å². The average molecular weight is 301 g/mol. The summed E-state index contributed by atoms with van der Waals surface area (Å²) in [5.41, 5.74) is 0.975. The molecule has 0 radical (unpaired) electrons. The molecule has 0 spiro atoms. The SMILES string of the molecule is Cc1nc(C2(NC(=O)c3cc(C4CC4)[nH]n3)CCCC2)no1. The van der Waals surface area contributed by atoms with Crippen LogP contribution in [0.2, 0.25) is 0 Å². The summed E-state index contributed by atoms with van der Waals surface area (Å²) in [5.74, 6) is 1.47. The Morgan fingerprint density at radius 3 is 2.82 bits per heavy atom. The Labute approximate surface area is 127 Å². The number of amides is 1. The van der Waals surface area contributed by atoms with Crippen LogP contribution in [0, 0.1) is 6.92 Å². The molecule has 116 valence electrons. The van der Waals surface area contributed by atoms with E-state index >= 15 is 0 Å². The van der Waals surface area contributed by atoms with Crippen LogP contribution in [0.15, 0.2) is 10.6 Å². The minimum atomic E-state index is -0.520. The molecule has 0 aromatic carbocycles. The standard InChI is InChI=1S/C15H19N5O2/c1-9-16-14(20-22-9)15(6-2-3-7-15)17-13(21)12-8-11(18-19-12)10-4-5-10/h8,10H,2-7H2,1H3,(H,17,21)(H,18,19). The maximum atomic E-state index is 12.6. The van der Waals surface area contributed by atoms with Crippen molar-refractivity contribution in [3.63, 3.8) is 0 Å². The topological polar surface area (TPSA) is 96.7 Å². The molecule has 2 aliphatic carbocycles. The molecular formula is C15H19N5O2. The van der Waals surface area contributed by atoms with E-state index in [1.165, 1.54) is 12.8 Å². The molecule has 0 saturated heterocycles. The molecule has 1 amide bonds. The first kappa shape index (κ1) is 13.5. The van der Waals surface area contributed by atoms with Crippen molar-refractivity contribution >= 4 is 5.91 Å². The van der Waals surface area contributed by atoms with E-state index < -0.39 is 5.54 Å². The summed E-state index contributed by atoms with van der Waals surface area (Å²) >= 11 is 0. The van der Waals surface area contributed by atoms with Crippen LogP contribution in [-0.2, 0) is 5.54 Å². The molecule has 7 heteroatoms. The molecule has 2 fully saturated rings. The van der Waals surface area contributed by atoms with Crippen LogP contribution in [0.3, 0.4) is 0 Å². The summed E-state index contributed by atoms with van der Waals surface area (Å²) in [7, 11) is 0. The van der Waals surface area contributed by atoms with Gasteiger partial charge in [-0.25, -0.2) is 0 Å². The molecule has 0 atom stereocenters. The zero-order valence-corrected chi connectivity index (χ0v) is 12.6. The third-order valence-electron chi connectivity index (χ3n) is 4.61. The second-order valence-electron chi connectivity index (χ2n) is 6.36. The molecule has 4 rings (SSSR count). The Bertz CT molecular complexity index is 694. The van der Waals surface area contributed by atoms with E-state index in [1.54, 1.807) is 6.92 Å². The van der Waals surface area contributed by atoms with E-state index in [2.05, 4.69) is 25.7 Å². The predicted molar refractivity (Wildman–Crippen MR) is 77.2 cm³/mol. The summed E-state index contributed by atoms with van der Waals surface area (Å²) in [4.78, 5) is 16.9. The van der Waals surface area contributed by atoms with E-state index in [1.807, 2.05) is 6.07 Å². The van der Waals surface area contributed by atoms with Gasteiger partial charge in [-0.2, -0.15) is 10.1 Å². The number of rotatable bonds is 4. The van der Waals surface area contributed by atoms with E-state index in [0.717, 1.165) is 31.4 Å². The third-order valence-corrected chi connectivity index (χ3v) is 4.61. The lowest BCUT2D eigenvalue weighted by Gasteiger charge is -2.26. The fourth-order valence-corrected chi connectivity index (χ4v) is 3.21. The van der Waals surface area contributed by atoms with Crippen molar-refractivity contribution in [1.82, 2.24) is 25.7 Å². The summed E-state index contributed by atoms with van der Waals surface area (Å²) in [6, 6.07) is 1.86. The van der Waals surface area contributed by atoms with Crippen LogP contribution in [0.25, 0.3) is 0 Å². The van der Waals surface area contributed by atoms with Crippen molar-refractivity contribution in [2.24, 2.45) is 0 Å². The highest BCUT2D eigenvalue weighted by Crippen LogP contribution is 2.40. The number of aromatic nitrogens is 4.